The van der Waals surface area contributed by atoms with Crippen molar-refractivity contribution in [3.05, 3.63) is 0 Å². The third-order valence-corrected chi connectivity index (χ3v) is 28.1. The van der Waals surface area contributed by atoms with Crippen molar-refractivity contribution in [1.29, 1.82) is 0 Å². The zero-order valence-corrected chi connectivity index (χ0v) is 87.3. The van der Waals surface area contributed by atoms with Gasteiger partial charge in [0.15, 0.2) is 24.8 Å². The number of carbonyl (C=O) groups is 7. The van der Waals surface area contributed by atoms with Crippen LogP contribution in [-0.4, -0.2) is 300 Å². The third kappa shape index (κ3) is 52.5. The molecule has 4 aliphatic heterocycles. The summed E-state index contributed by atoms with van der Waals surface area (Å²) in [5.41, 5.74) is 0. The predicted molar refractivity (Wildman–Crippen MR) is 522 cm³/mol. The standard InChI is InChI=1S/C100H184N2O38P2/c1-6-11-16-21-26-31-32-33-34-39-44-49-54-59-82(113)131-73(58-53-48-43-38-30-25-20-15-10-5)63-81(112)102-85-93(134-83(114)61-71(106)56-51-46-41-36-28-23-18-13-8-3)89(118)78(132-96(85)140-142(126,127)128)68-129-95-86(101-80(111)60-70(105)55-50-45-40-35-27-22-17-12-7-2)94(135-84(115)62-72(107)57-52-47-42-37-29-24-19-14-9-4)92(139-141(123,124)125)79(133-95)69-130-99(97(119)120)65-77(88(117)91(137-99)76(110)67-104)136-100(98(121)122)64-74(108)87(116)90(138-100)75(109)66-103/h70-79,85-96,103-110,116-118H,6-69H2,1-5H3,(H,101,111)(H,102,112)(H,119,120)(H,121,122)(H2,123,124,125)(H2,126,127,128)/t70-,71-,72-,73-,74-,75-,76-,77-,78-,79-,85-,86-,87-,88-,89-,90-,91-,92-,93-,94-,95-,96-,99-,100-/m1/s1. The average molecular weight is 2080 g/mol. The summed E-state index contributed by atoms with van der Waals surface area (Å²) in [7, 11) is -12.0. The monoisotopic (exact) mass is 2080 g/mol. The number of esters is 3. The average Bonchev–Trinajstić information content (AvgIpc) is 0.753. The molecule has 0 bridgehead atoms. The lowest BCUT2D eigenvalue weighted by Crippen LogP contribution is -2.69. The Morgan fingerprint density at radius 2 is 0.732 bits per heavy atom. The molecule has 0 radical (unpaired) electrons. The largest absolute Gasteiger partial charge is 0.477 e. The van der Waals surface area contributed by atoms with Crippen molar-refractivity contribution in [2.24, 2.45) is 0 Å². The van der Waals surface area contributed by atoms with Crippen LogP contribution < -0.4 is 10.6 Å². The Hall–Kier alpha value is -4.21. The van der Waals surface area contributed by atoms with Gasteiger partial charge in [0, 0.05) is 19.3 Å². The molecule has 0 spiro atoms. The summed E-state index contributed by atoms with van der Waals surface area (Å²) in [5.74, 6) is -16.6. The summed E-state index contributed by atoms with van der Waals surface area (Å²) in [5, 5.41) is 151. The molecule has 0 aliphatic carbocycles. The van der Waals surface area contributed by atoms with Gasteiger partial charge in [0.05, 0.1) is 82.6 Å². The van der Waals surface area contributed by atoms with Gasteiger partial charge in [0.1, 0.15) is 79.2 Å². The molecule has 42 heteroatoms. The number of carbonyl (C=O) groups excluding carboxylic acids is 5. The van der Waals surface area contributed by atoms with Crippen molar-refractivity contribution in [3.63, 3.8) is 0 Å². The number of hydrogen-bond acceptors (Lipinski definition) is 32. The van der Waals surface area contributed by atoms with Crippen LogP contribution in [-0.2, 0) is 99.1 Å². The minimum atomic E-state index is -6.13. The van der Waals surface area contributed by atoms with E-state index in [4.69, 9.17) is 56.4 Å². The van der Waals surface area contributed by atoms with Crippen molar-refractivity contribution in [2.45, 2.75) is 566 Å². The number of aliphatic hydroxyl groups is 11. The van der Waals surface area contributed by atoms with Crippen LogP contribution in [0.1, 0.15) is 420 Å². The molecule has 2 amide bonds. The van der Waals surface area contributed by atoms with Crippen molar-refractivity contribution >= 4 is 57.3 Å². The lowest BCUT2D eigenvalue weighted by molar-refractivity contribution is -0.378. The summed E-state index contributed by atoms with van der Waals surface area (Å²) in [6.45, 7) is 5.20. The number of carboxylic acid groups (broad SMARTS) is 2. The van der Waals surface area contributed by atoms with Crippen LogP contribution in [0.2, 0.25) is 0 Å². The van der Waals surface area contributed by atoms with E-state index < -0.39 is 268 Å². The van der Waals surface area contributed by atoms with E-state index in [0.29, 0.717) is 57.8 Å². The van der Waals surface area contributed by atoms with Crippen LogP contribution in [0.15, 0.2) is 0 Å². The molecule has 24 atom stereocenters. The number of phosphoric ester groups is 2. The Kier molecular flexibility index (Phi) is 67.7. The Labute approximate surface area is 841 Å². The first-order valence-electron chi connectivity index (χ1n) is 53.9. The van der Waals surface area contributed by atoms with E-state index in [0.717, 1.165) is 218 Å². The molecule has 4 saturated heterocycles. The number of carboxylic acids is 2. The van der Waals surface area contributed by atoms with Crippen LogP contribution in [0.5, 0.6) is 0 Å². The fourth-order valence-corrected chi connectivity index (χ4v) is 19.9. The maximum Gasteiger partial charge on any atom is 0.472 e. The highest BCUT2D eigenvalue weighted by molar-refractivity contribution is 7.46. The summed E-state index contributed by atoms with van der Waals surface area (Å²) < 4.78 is 98.3. The smallest absolute Gasteiger partial charge is 0.472 e. The highest BCUT2D eigenvalue weighted by Crippen LogP contribution is 2.47. The molecule has 40 nitrogen and oxygen atoms in total. The molecule has 4 aliphatic rings. The number of unbranched alkanes of at least 4 members (excludes halogenated alkanes) is 44. The predicted octanol–water partition coefficient (Wildman–Crippen LogP) is 12.2. The fourth-order valence-electron chi connectivity index (χ4n) is 18.8. The van der Waals surface area contributed by atoms with Gasteiger partial charge < -0.3 is 144 Å². The number of aliphatic carboxylic acids is 2. The zero-order chi connectivity index (χ0) is 105. The zero-order valence-electron chi connectivity index (χ0n) is 85.5. The van der Waals surface area contributed by atoms with E-state index in [-0.39, 0.29) is 32.1 Å². The van der Waals surface area contributed by atoms with Gasteiger partial charge in [0.2, 0.25) is 11.8 Å². The second kappa shape index (κ2) is 73.9. The quantitative estimate of drug-likeness (QED) is 0.0116. The molecule has 0 saturated carbocycles. The SMILES string of the molecule is CCCCCCCCCCCCCCCC(=O)O[C@H](CCCCCCCCCCC)CC(=O)N[C@H]1[C@@H](OP(=O)(O)O)O[C@H](CO[C@@H]2O[C@H](CO[C@]3(C(=O)O)C[C@@H](O[C@]4(C(=O)O)C[C@@H](O)[C@@H](O)[C@@H]([C@H](O)CO)O4)[C@@H](O)[C@@H]([C@H](O)CO)O3)[C@@H](OP(=O)(O)O)[C@H](OC(=O)C[C@H](O)CCCCCCCCCCC)[C@H]2NC(=O)C[C@H](O)CCCCCCCCCCC)[C@@H](O)[C@@H]1OC(=O)C[C@H](O)CCCCCCCCCCC. The van der Waals surface area contributed by atoms with E-state index in [2.05, 4.69) is 45.3 Å². The molecule has 142 heavy (non-hydrogen) atoms. The molecule has 0 aromatic carbocycles. The van der Waals surface area contributed by atoms with Crippen molar-refractivity contribution in [3.8, 4) is 0 Å². The highest BCUT2D eigenvalue weighted by atomic mass is 31.2. The van der Waals surface area contributed by atoms with Crippen molar-refractivity contribution < 1.29 is 185 Å². The Morgan fingerprint density at radius 1 is 0.380 bits per heavy atom. The molecule has 4 fully saturated rings. The van der Waals surface area contributed by atoms with Gasteiger partial charge in [-0.15, -0.1) is 0 Å². The summed E-state index contributed by atoms with van der Waals surface area (Å²) in [6.07, 6.45) is -2.55. The molecule has 0 aromatic rings. The molecule has 0 unspecified atom stereocenters. The molecule has 19 N–H and O–H groups in total. The van der Waals surface area contributed by atoms with E-state index in [1.807, 2.05) is 0 Å². The second-order valence-electron chi connectivity index (χ2n) is 39.7. The minimum Gasteiger partial charge on any atom is -0.477 e. The van der Waals surface area contributed by atoms with Gasteiger partial charge >= 0.3 is 45.5 Å². The lowest BCUT2D eigenvalue weighted by Gasteiger charge is -2.50. The number of rotatable bonds is 85. The number of nitrogens with one attached hydrogen (secondary N) is 2. The second-order valence-corrected chi connectivity index (χ2v) is 42.1. The molecular formula is C100H184N2O38P2. The van der Waals surface area contributed by atoms with E-state index in [9.17, 15) is 129 Å². The van der Waals surface area contributed by atoms with Gasteiger partial charge in [-0.3, -0.25) is 33.0 Å². The van der Waals surface area contributed by atoms with Crippen LogP contribution in [0.25, 0.3) is 0 Å². The number of phosphoric acid groups is 2. The first kappa shape index (κ1) is 130. The van der Waals surface area contributed by atoms with Gasteiger partial charge in [-0.1, -0.05) is 336 Å². The number of ether oxygens (including phenoxy) is 10. The van der Waals surface area contributed by atoms with E-state index in [1.54, 1.807) is 0 Å². The molecule has 832 valence electrons. The first-order valence-corrected chi connectivity index (χ1v) is 57.0. The van der Waals surface area contributed by atoms with E-state index >= 15 is 0 Å². The van der Waals surface area contributed by atoms with Crippen LogP contribution in [0, 0.1) is 0 Å². The van der Waals surface area contributed by atoms with E-state index in [1.165, 1.54) is 38.5 Å². The molecular weight excluding hydrogens is 1900 g/mol. The topological polar surface area (TPSA) is 632 Å². The Morgan fingerprint density at radius 3 is 1.13 bits per heavy atom. The number of aliphatic hydroxyl groups excluding tert-OH is 11. The molecule has 4 rings (SSSR count). The molecule has 4 heterocycles. The van der Waals surface area contributed by atoms with Crippen molar-refractivity contribution in [1.82, 2.24) is 10.6 Å². The maximum absolute atomic E-state index is 15.0. The normalized spacial score (nSPS) is 26.3. The number of hydrogen-bond donors (Lipinski definition) is 19. The third-order valence-electron chi connectivity index (χ3n) is 27.1. The summed E-state index contributed by atoms with van der Waals surface area (Å²) >= 11 is 0. The number of amides is 2. The molecule has 0 aromatic heterocycles. The highest BCUT2D eigenvalue weighted by Gasteiger charge is 2.63. The minimum absolute atomic E-state index is 0.0113. The fraction of sp³-hybridized carbons (Fsp3) is 0.930. The van der Waals surface area contributed by atoms with Gasteiger partial charge in [-0.2, -0.15) is 0 Å². The van der Waals surface area contributed by atoms with Crippen LogP contribution in [0.4, 0.5) is 0 Å². The summed E-state index contributed by atoms with van der Waals surface area (Å²) in [4.78, 5) is 144. The maximum atomic E-state index is 15.0. The Balaban J connectivity index is 1.96. The van der Waals surface area contributed by atoms with Gasteiger partial charge in [-0.05, 0) is 38.5 Å². The Bertz CT molecular complexity index is 3480. The first-order chi connectivity index (χ1) is 67.8. The van der Waals surface area contributed by atoms with Gasteiger partial charge in [0.25, 0.3) is 11.6 Å². The van der Waals surface area contributed by atoms with Crippen LogP contribution >= 0.6 is 15.6 Å². The van der Waals surface area contributed by atoms with Gasteiger partial charge in [-0.25, -0.2) is 18.7 Å². The summed E-state index contributed by atoms with van der Waals surface area (Å²) in [6, 6.07) is -4.40. The van der Waals surface area contributed by atoms with Crippen LogP contribution in [0.3, 0.4) is 0 Å². The lowest BCUT2D eigenvalue weighted by atomic mass is 9.90. The van der Waals surface area contributed by atoms with Crippen molar-refractivity contribution in [2.75, 3.05) is 26.4 Å².